The van der Waals surface area contributed by atoms with Gasteiger partial charge in [0.2, 0.25) is 5.91 Å². The summed E-state index contributed by atoms with van der Waals surface area (Å²) in [6.07, 6.45) is 1.58. The van der Waals surface area contributed by atoms with Gasteiger partial charge in [-0.1, -0.05) is 34.1 Å². The molecule has 0 aliphatic heterocycles. The lowest BCUT2D eigenvalue weighted by Gasteiger charge is -2.13. The quantitative estimate of drug-likeness (QED) is 0.808. The van der Waals surface area contributed by atoms with Gasteiger partial charge in [-0.2, -0.15) is 0 Å². The van der Waals surface area contributed by atoms with E-state index in [4.69, 9.17) is 5.73 Å². The number of aromatic nitrogens is 2. The first-order chi connectivity index (χ1) is 9.81. The summed E-state index contributed by atoms with van der Waals surface area (Å²) in [6.45, 7) is 8.34. The summed E-state index contributed by atoms with van der Waals surface area (Å²) in [7, 11) is 0. The normalized spacial score (nSPS) is 13.4. The number of benzene rings is 1. The smallest absolute Gasteiger partial charge is 0.241 e. The van der Waals surface area contributed by atoms with Crippen LogP contribution in [0, 0.1) is 0 Å². The van der Waals surface area contributed by atoms with Crippen molar-refractivity contribution in [3.63, 3.8) is 0 Å². The first-order valence-corrected chi connectivity index (χ1v) is 7.38. The molecule has 21 heavy (non-hydrogen) atoms. The van der Waals surface area contributed by atoms with Gasteiger partial charge in [0.1, 0.15) is 5.82 Å². The Kier molecular flexibility index (Phi) is 4.32. The average molecular weight is 288 g/mol. The van der Waals surface area contributed by atoms with Gasteiger partial charge in [0, 0.05) is 11.1 Å². The summed E-state index contributed by atoms with van der Waals surface area (Å²) in [5, 5.41) is 2.85. The van der Waals surface area contributed by atoms with E-state index in [9.17, 15) is 4.79 Å². The fourth-order valence-electron chi connectivity index (χ4n) is 2.12. The molecule has 1 amide bonds. The number of H-pyrrole nitrogens is 1. The first-order valence-electron chi connectivity index (χ1n) is 7.38. The van der Waals surface area contributed by atoms with Crippen LogP contribution >= 0.6 is 0 Å². The van der Waals surface area contributed by atoms with Gasteiger partial charge in [0.25, 0.3) is 0 Å². The maximum Gasteiger partial charge on any atom is 0.241 e. The lowest BCUT2D eigenvalue weighted by atomic mass is 9.96. The van der Waals surface area contributed by atoms with Crippen molar-refractivity contribution in [3.05, 3.63) is 24.0 Å². The maximum atomic E-state index is 11.9. The van der Waals surface area contributed by atoms with E-state index in [1.807, 2.05) is 25.1 Å². The summed E-state index contributed by atoms with van der Waals surface area (Å²) in [6, 6.07) is 5.19. The second-order valence-electron chi connectivity index (χ2n) is 6.45. The van der Waals surface area contributed by atoms with Gasteiger partial charge in [-0.3, -0.25) is 4.79 Å². The number of hydrogen-bond donors (Lipinski definition) is 3. The molecule has 1 aromatic carbocycles. The number of nitrogens with two attached hydrogens (primary N) is 1. The molecule has 1 heterocycles. The minimum Gasteiger partial charge on any atom is -0.341 e. The molecule has 0 spiro atoms. The zero-order valence-electron chi connectivity index (χ0n) is 13.2. The van der Waals surface area contributed by atoms with Gasteiger partial charge in [-0.25, -0.2) is 4.98 Å². The molecule has 1 aromatic heterocycles. The monoisotopic (exact) mass is 288 g/mol. The lowest BCUT2D eigenvalue weighted by molar-refractivity contribution is -0.117. The van der Waals surface area contributed by atoms with Crippen LogP contribution in [0.4, 0.5) is 5.69 Å². The van der Waals surface area contributed by atoms with Crippen LogP contribution < -0.4 is 11.1 Å². The van der Waals surface area contributed by atoms with E-state index >= 15 is 0 Å². The van der Waals surface area contributed by atoms with Crippen LogP contribution in [0.2, 0.25) is 0 Å². The predicted molar refractivity (Wildman–Crippen MR) is 86.3 cm³/mol. The van der Waals surface area contributed by atoms with E-state index in [0.717, 1.165) is 29.0 Å². The van der Waals surface area contributed by atoms with E-state index in [-0.39, 0.29) is 11.3 Å². The molecule has 5 nitrogen and oxygen atoms in total. The standard InChI is InChI=1S/C16H24N4O/c1-5-6-11(17)14(21)18-10-7-8-12-13(9-10)20-15(19-12)16(2,3)4/h7-9,11H,5-6,17H2,1-4H3,(H,18,21)(H,19,20)/t11-/m1/s1. The Bertz CT molecular complexity index is 639. The number of hydrogen-bond acceptors (Lipinski definition) is 3. The first kappa shape index (κ1) is 15.5. The highest BCUT2D eigenvalue weighted by Crippen LogP contribution is 2.24. The van der Waals surface area contributed by atoms with Crippen molar-refractivity contribution < 1.29 is 4.79 Å². The number of carbonyl (C=O) groups is 1. The summed E-state index contributed by atoms with van der Waals surface area (Å²) in [5.74, 6) is 0.787. The van der Waals surface area contributed by atoms with Crippen molar-refractivity contribution in [1.82, 2.24) is 9.97 Å². The van der Waals surface area contributed by atoms with Crippen LogP contribution in [0.3, 0.4) is 0 Å². The number of nitrogens with zero attached hydrogens (tertiary/aromatic N) is 1. The largest absolute Gasteiger partial charge is 0.341 e. The third-order valence-corrected chi connectivity index (χ3v) is 3.40. The summed E-state index contributed by atoms with van der Waals surface area (Å²) < 4.78 is 0. The molecule has 0 saturated carbocycles. The van der Waals surface area contributed by atoms with Crippen LogP contribution in [0.5, 0.6) is 0 Å². The molecule has 0 saturated heterocycles. The Morgan fingerprint density at radius 1 is 1.43 bits per heavy atom. The van der Waals surface area contributed by atoms with Gasteiger partial charge in [-0.15, -0.1) is 0 Å². The summed E-state index contributed by atoms with van der Waals surface area (Å²) in [5.41, 5.74) is 8.34. The molecule has 0 bridgehead atoms. The van der Waals surface area contributed by atoms with Crippen LogP contribution in [0.15, 0.2) is 18.2 Å². The van der Waals surface area contributed by atoms with E-state index in [1.165, 1.54) is 0 Å². The minimum absolute atomic E-state index is 0.0358. The molecule has 2 rings (SSSR count). The number of rotatable bonds is 4. The van der Waals surface area contributed by atoms with Gasteiger partial charge < -0.3 is 16.0 Å². The molecule has 0 radical (unpaired) electrons. The van der Waals surface area contributed by atoms with Crippen molar-refractivity contribution >= 4 is 22.6 Å². The molecule has 0 unspecified atom stereocenters. The Morgan fingerprint density at radius 2 is 2.14 bits per heavy atom. The highest BCUT2D eigenvalue weighted by atomic mass is 16.2. The minimum atomic E-state index is -0.461. The molecule has 5 heteroatoms. The lowest BCUT2D eigenvalue weighted by Crippen LogP contribution is -2.35. The third kappa shape index (κ3) is 3.61. The Labute approximate surface area is 125 Å². The average Bonchev–Trinajstić information content (AvgIpc) is 2.82. The Hall–Kier alpha value is -1.88. The fraction of sp³-hybridized carbons (Fsp3) is 0.500. The number of aromatic amines is 1. The Morgan fingerprint density at radius 3 is 2.76 bits per heavy atom. The second kappa shape index (κ2) is 5.85. The van der Waals surface area contributed by atoms with Crippen LogP contribution in [0.1, 0.15) is 46.4 Å². The topological polar surface area (TPSA) is 83.8 Å². The van der Waals surface area contributed by atoms with Gasteiger partial charge in [-0.05, 0) is 24.6 Å². The molecule has 1 atom stereocenters. The van der Waals surface area contributed by atoms with Crippen molar-refractivity contribution in [2.24, 2.45) is 5.73 Å². The summed E-state index contributed by atoms with van der Waals surface area (Å²) in [4.78, 5) is 19.8. The fourth-order valence-corrected chi connectivity index (χ4v) is 2.12. The molecule has 114 valence electrons. The zero-order chi connectivity index (χ0) is 15.6. The van der Waals surface area contributed by atoms with E-state index in [1.54, 1.807) is 0 Å². The number of imidazole rings is 1. The highest BCUT2D eigenvalue weighted by molar-refractivity contribution is 5.96. The number of amides is 1. The van der Waals surface area contributed by atoms with E-state index in [2.05, 4.69) is 36.1 Å². The van der Waals surface area contributed by atoms with Crippen LogP contribution in [-0.4, -0.2) is 21.9 Å². The van der Waals surface area contributed by atoms with Crippen molar-refractivity contribution in [3.8, 4) is 0 Å². The number of nitrogens with one attached hydrogen (secondary N) is 2. The number of fused-ring (bicyclic) bond motifs is 1. The maximum absolute atomic E-state index is 11.9. The highest BCUT2D eigenvalue weighted by Gasteiger charge is 2.18. The number of carbonyl (C=O) groups excluding carboxylic acids is 1. The van der Waals surface area contributed by atoms with Gasteiger partial charge in [0.05, 0.1) is 17.1 Å². The SMILES string of the molecule is CCC[C@@H](N)C(=O)Nc1ccc2nc(C(C)(C)C)[nH]c2c1. The molecule has 0 aliphatic carbocycles. The third-order valence-electron chi connectivity index (χ3n) is 3.40. The zero-order valence-corrected chi connectivity index (χ0v) is 13.2. The molecular weight excluding hydrogens is 264 g/mol. The molecular formula is C16H24N4O. The predicted octanol–water partition coefficient (Wildman–Crippen LogP) is 2.93. The van der Waals surface area contributed by atoms with E-state index < -0.39 is 6.04 Å². The van der Waals surface area contributed by atoms with Crippen molar-refractivity contribution in [1.29, 1.82) is 0 Å². The van der Waals surface area contributed by atoms with Crippen LogP contribution in [0.25, 0.3) is 11.0 Å². The summed E-state index contributed by atoms with van der Waals surface area (Å²) >= 11 is 0. The molecule has 0 fully saturated rings. The second-order valence-corrected chi connectivity index (χ2v) is 6.45. The molecule has 4 N–H and O–H groups in total. The van der Waals surface area contributed by atoms with Gasteiger partial charge >= 0.3 is 0 Å². The van der Waals surface area contributed by atoms with Crippen molar-refractivity contribution in [2.45, 2.75) is 52.0 Å². The number of anilines is 1. The van der Waals surface area contributed by atoms with E-state index in [0.29, 0.717) is 6.42 Å². The molecule has 0 aliphatic rings. The Balaban J connectivity index is 2.21. The van der Waals surface area contributed by atoms with Crippen LogP contribution in [-0.2, 0) is 10.2 Å². The van der Waals surface area contributed by atoms with Gasteiger partial charge in [0.15, 0.2) is 0 Å². The van der Waals surface area contributed by atoms with Crippen molar-refractivity contribution in [2.75, 3.05) is 5.32 Å². The molecule has 2 aromatic rings.